The van der Waals surface area contributed by atoms with Crippen LogP contribution in [0.15, 0.2) is 0 Å². The molecule has 488 valence electrons. The van der Waals surface area contributed by atoms with Gasteiger partial charge >= 0.3 is 16.4 Å². The molecule has 7 aliphatic heterocycles. The highest BCUT2D eigenvalue weighted by Crippen LogP contribution is 2.40. The highest BCUT2D eigenvalue weighted by molar-refractivity contribution is 7.80. The molecule has 39 nitrogen and oxygen atoms in total. The molecule has 1 unspecified atom stereocenters. The van der Waals surface area contributed by atoms with E-state index < -0.39 is 264 Å². The maximum atomic E-state index is 12.4. The highest BCUT2D eigenvalue weighted by Gasteiger charge is 2.60. The van der Waals surface area contributed by atoms with Crippen molar-refractivity contribution < 1.29 is 185 Å². The summed E-state index contributed by atoms with van der Waals surface area (Å²) in [5.41, 5.74) is 0. The molecule has 40 heteroatoms. The van der Waals surface area contributed by atoms with Gasteiger partial charge in [-0.15, -0.1) is 0 Å². The van der Waals surface area contributed by atoms with Crippen LogP contribution in [0.25, 0.3) is 0 Å². The molecule has 84 heavy (non-hydrogen) atoms. The van der Waals surface area contributed by atoms with Crippen molar-refractivity contribution in [2.45, 2.75) is 236 Å². The van der Waals surface area contributed by atoms with Crippen LogP contribution in [-0.4, -0.2) is 363 Å². The van der Waals surface area contributed by atoms with E-state index in [0.29, 0.717) is 0 Å². The Balaban J connectivity index is 1.27. The van der Waals surface area contributed by atoms with Gasteiger partial charge < -0.3 is 164 Å². The fourth-order valence-electron chi connectivity index (χ4n) is 10.5. The summed E-state index contributed by atoms with van der Waals surface area (Å²) in [5, 5.41) is 210. The van der Waals surface area contributed by atoms with E-state index in [4.69, 9.17) is 61.6 Å². The van der Waals surface area contributed by atoms with Crippen LogP contribution in [0.2, 0.25) is 0 Å². The number of carbonyl (C=O) groups excluding carboxylic acids is 1. The molecule has 21 N–H and O–H groups in total. The maximum Gasteiger partial charge on any atom is 0.397 e. The second kappa shape index (κ2) is 28.6. The Morgan fingerprint density at radius 3 is 1.31 bits per heavy atom. The van der Waals surface area contributed by atoms with Gasteiger partial charge in [-0.3, -0.25) is 9.35 Å². The van der Waals surface area contributed by atoms with Gasteiger partial charge in [0.2, 0.25) is 5.91 Å². The van der Waals surface area contributed by atoms with Crippen LogP contribution >= 0.6 is 0 Å². The zero-order valence-electron chi connectivity index (χ0n) is 44.2. The first kappa shape index (κ1) is 69.1. The number of aliphatic hydroxyl groups excluding tert-OH is 18. The van der Waals surface area contributed by atoms with Crippen LogP contribution in [0.1, 0.15) is 20.8 Å². The lowest BCUT2D eigenvalue weighted by molar-refractivity contribution is -0.414. The average Bonchev–Trinajstić information content (AvgIpc) is 3.48. The molecule has 7 fully saturated rings. The highest BCUT2D eigenvalue weighted by atomic mass is 32.3. The van der Waals surface area contributed by atoms with E-state index in [1.54, 1.807) is 0 Å². The molecule has 0 bridgehead atoms. The van der Waals surface area contributed by atoms with E-state index in [2.05, 4.69) is 9.50 Å². The fraction of sp³-hybridized carbons (Fsp3) is 0.955. The SMILES string of the molecule is CC(=O)N[C@H]1C(O)O[C@H](CO)[C@H](O)[C@@H]1O[C@@H]1O[C@H](CO)[C@H](O[C@@H]2O[C@H](CO)[C@H](O[C@@H]3O[C@H](CO)[C@H](O)[C@H](O)[C@H]3O[C@@H]3O[C@@H](C)[C@@H](O)[C@@H](O)[C@@H]3O)[C@H](O[C@@H]3O[C@H](C(=O)O)[C@@H](O)[C@H](OS(=O)(=O)O)[C@H]3O)[C@H]2O)[C@H](O)[C@H]1O[C@@H]1O[C@@H](C)[C@@H](O)[C@@H](O)[C@@H]1O. The van der Waals surface area contributed by atoms with E-state index in [-0.39, 0.29) is 0 Å². The third kappa shape index (κ3) is 14.7. The molecular formula is C44H73NO38S. The summed E-state index contributed by atoms with van der Waals surface area (Å²) >= 11 is 0. The van der Waals surface area contributed by atoms with Crippen LogP contribution in [0, 0.1) is 0 Å². The number of aliphatic hydroxyl groups is 18. The summed E-state index contributed by atoms with van der Waals surface area (Å²) in [5.74, 6) is -2.93. The summed E-state index contributed by atoms with van der Waals surface area (Å²) in [6.07, 6.45) is -73.0. The summed E-state index contributed by atoms with van der Waals surface area (Å²) in [4.78, 5) is 24.7. The van der Waals surface area contributed by atoms with Crippen LogP contribution in [0.5, 0.6) is 0 Å². The molecule has 0 aliphatic carbocycles. The largest absolute Gasteiger partial charge is 0.479 e. The smallest absolute Gasteiger partial charge is 0.397 e. The summed E-state index contributed by atoms with van der Waals surface area (Å²) in [7, 11) is -5.69. The van der Waals surface area contributed by atoms with Gasteiger partial charge in [-0.05, 0) is 13.8 Å². The van der Waals surface area contributed by atoms with Crippen molar-refractivity contribution in [3.63, 3.8) is 0 Å². The molecule has 0 aromatic heterocycles. The van der Waals surface area contributed by atoms with Gasteiger partial charge in [0.1, 0.15) is 153 Å². The first-order valence-corrected chi connectivity index (χ1v) is 27.4. The topological polar surface area (TPSA) is 614 Å². The predicted octanol–water partition coefficient (Wildman–Crippen LogP) is -14.2. The molecule has 0 saturated carbocycles. The van der Waals surface area contributed by atoms with E-state index in [1.807, 2.05) is 0 Å². The minimum Gasteiger partial charge on any atom is -0.479 e. The quantitative estimate of drug-likeness (QED) is 0.0503. The number of hydrogen-bond donors (Lipinski definition) is 21. The van der Waals surface area contributed by atoms with E-state index in [1.165, 1.54) is 13.8 Å². The molecular weight excluding hydrogens is 1180 g/mol. The number of hydrogen-bond acceptors (Lipinski definition) is 36. The van der Waals surface area contributed by atoms with Gasteiger partial charge in [0.25, 0.3) is 0 Å². The standard InChI is InChI=1S/C44H73NO38S/c1-8-16(51)20(55)23(58)39(70-8)81-35-22(57)18(53)11(4-46)73-43(35)77-30-14(7-49)74-41(28(63)33(30)79-42-27(62)32(83-84(67,68)69)26(61)34(80-42)37(64)65)76-29-13(6-48)75-44(36(25(29)60)82-40-24(59)21(56)17(52)9(2)71-40)78-31-15(45-10(3)50)38(66)72-12(5-47)19(31)54/h8-9,11-36,38-44,46-49,51-63,66H,4-7H2,1-3H3,(H,45,50)(H,64,65)(H,67,68,69)/t8-,9-,11+,12+,13+,14+,15+,16+,17+,18-,19-,20+,21+,22-,23-,24-,25-,26-,27+,28+,29-,30-,31+,32-,33+,34-,35+,36+,38?,39-,40-,41-,42+,43-,44-/m0/s1. The number of carboxylic acids is 1. The van der Waals surface area contributed by atoms with Gasteiger partial charge in [-0.2, -0.15) is 8.42 Å². The fourth-order valence-corrected chi connectivity index (χ4v) is 11.0. The molecule has 0 aromatic carbocycles. The Morgan fingerprint density at radius 1 is 0.405 bits per heavy atom. The van der Waals surface area contributed by atoms with Crippen LogP contribution < -0.4 is 5.32 Å². The summed E-state index contributed by atoms with van der Waals surface area (Å²) < 4.78 is 113. The third-order valence-corrected chi connectivity index (χ3v) is 15.5. The predicted molar refractivity (Wildman–Crippen MR) is 252 cm³/mol. The first-order valence-electron chi connectivity index (χ1n) is 26.0. The lowest BCUT2D eigenvalue weighted by Crippen LogP contribution is -2.70. The minimum atomic E-state index is -5.69. The molecule has 7 rings (SSSR count). The lowest BCUT2D eigenvalue weighted by Gasteiger charge is -2.52. The molecule has 0 radical (unpaired) electrons. The number of ether oxygens (including phenoxy) is 13. The van der Waals surface area contributed by atoms with E-state index in [9.17, 15) is 120 Å². The van der Waals surface area contributed by atoms with Gasteiger partial charge in [0, 0.05) is 6.92 Å². The maximum absolute atomic E-state index is 12.4. The van der Waals surface area contributed by atoms with Crippen LogP contribution in [0.4, 0.5) is 0 Å². The Hall–Kier alpha value is -2.43. The van der Waals surface area contributed by atoms with Crippen molar-refractivity contribution in [2.75, 3.05) is 26.4 Å². The van der Waals surface area contributed by atoms with Crippen molar-refractivity contribution in [1.82, 2.24) is 5.32 Å². The average molecular weight is 1260 g/mol. The minimum absolute atomic E-state index is 0.835. The van der Waals surface area contributed by atoms with Gasteiger partial charge in [-0.1, -0.05) is 0 Å². The van der Waals surface area contributed by atoms with Crippen molar-refractivity contribution in [1.29, 1.82) is 0 Å². The second-order valence-electron chi connectivity index (χ2n) is 20.8. The van der Waals surface area contributed by atoms with Gasteiger partial charge in [0.05, 0.1) is 38.6 Å². The Morgan fingerprint density at radius 2 is 0.810 bits per heavy atom. The molecule has 1 amide bonds. The number of aliphatic carboxylic acids is 1. The zero-order chi connectivity index (χ0) is 62.3. The normalized spacial score (nSPS) is 50.6. The number of amides is 1. The molecule has 7 aliphatic rings. The summed E-state index contributed by atoms with van der Waals surface area (Å²) in [6, 6.07) is -1.72. The van der Waals surface area contributed by atoms with E-state index >= 15 is 0 Å². The van der Waals surface area contributed by atoms with Gasteiger partial charge in [-0.25, -0.2) is 8.98 Å². The zero-order valence-corrected chi connectivity index (χ0v) is 45.1. The number of carboxylic acid groups (broad SMARTS) is 1. The molecule has 35 atom stereocenters. The van der Waals surface area contributed by atoms with Crippen LogP contribution in [0.3, 0.4) is 0 Å². The Bertz CT molecular complexity index is 2250. The van der Waals surface area contributed by atoms with Crippen molar-refractivity contribution in [3.05, 3.63) is 0 Å². The Labute approximate surface area is 474 Å². The first-order chi connectivity index (χ1) is 39.4. The van der Waals surface area contributed by atoms with Crippen LogP contribution in [-0.2, 0) is 85.8 Å². The van der Waals surface area contributed by atoms with Gasteiger partial charge in [0.15, 0.2) is 50.1 Å². The molecule has 0 aromatic rings. The Kier molecular flexibility index (Phi) is 23.5. The molecule has 7 saturated heterocycles. The number of rotatable bonds is 20. The third-order valence-electron chi connectivity index (χ3n) is 15.0. The molecule has 7 heterocycles. The monoisotopic (exact) mass is 1260 g/mol. The van der Waals surface area contributed by atoms with Crippen molar-refractivity contribution in [2.24, 2.45) is 0 Å². The number of carbonyl (C=O) groups is 2. The summed E-state index contributed by atoms with van der Waals surface area (Å²) in [6.45, 7) is -1.19. The second-order valence-corrected chi connectivity index (χ2v) is 21.9. The van der Waals surface area contributed by atoms with Crippen molar-refractivity contribution in [3.8, 4) is 0 Å². The number of nitrogens with one attached hydrogen (secondary N) is 1. The van der Waals surface area contributed by atoms with E-state index in [0.717, 1.165) is 6.92 Å². The van der Waals surface area contributed by atoms with Crippen molar-refractivity contribution >= 4 is 22.3 Å². The lowest BCUT2D eigenvalue weighted by atomic mass is 9.94. The molecule has 0 spiro atoms.